The average molecular weight is 701 g/mol. The molecular weight excluding hydrogens is 664 g/mol. The maximum atomic E-state index is 11.3. The first-order valence-corrected chi connectivity index (χ1v) is 16.0. The molecule has 0 bridgehead atoms. The van der Waals surface area contributed by atoms with Crippen LogP contribution in [0.2, 0.25) is 0 Å². The van der Waals surface area contributed by atoms with E-state index < -0.39 is 11.9 Å². The van der Waals surface area contributed by atoms with Gasteiger partial charge < -0.3 is 39.6 Å². The zero-order valence-corrected chi connectivity index (χ0v) is 28.1. The third-order valence-electron chi connectivity index (χ3n) is 6.78. The van der Waals surface area contributed by atoms with Crippen molar-refractivity contribution in [3.8, 4) is 23.0 Å². The predicted octanol–water partition coefficient (Wildman–Crippen LogP) is 7.75. The topological polar surface area (TPSA) is 155 Å². The standard InChI is InChI=1S/C39H36N6O7/c1-4-27-16-18-31(19-17-27)52-34-15-9-12-30(26-34)42-39-44-37(40-28-10-7-13-32(24-28)48-20-22-50-35(46)5-2)43-38(45-39)41-29-11-8-14-33(25-29)49-21-23-51-36(47)6-3/h4-19,24-26H,1-3,20-23H2,(H3,40,41,42,43,44,45). The SMILES string of the molecule is C=CC(=O)OCCOc1cccc(Nc2nc(Nc3cccc(OCCOC(=O)C=C)c3)nc(Nc3cccc(Oc4ccc(C=C)cc4)c3)n2)c1. The molecule has 0 amide bonds. The Bertz CT molecular complexity index is 1930. The minimum absolute atomic E-state index is 0.0723. The molecule has 0 radical (unpaired) electrons. The summed E-state index contributed by atoms with van der Waals surface area (Å²) in [5.74, 6) is 2.00. The summed E-state index contributed by atoms with van der Waals surface area (Å²) in [6.45, 7) is 11.0. The van der Waals surface area contributed by atoms with Gasteiger partial charge in [0, 0.05) is 47.4 Å². The largest absolute Gasteiger partial charge is 0.490 e. The van der Waals surface area contributed by atoms with E-state index in [-0.39, 0.29) is 44.3 Å². The molecule has 0 aliphatic carbocycles. The van der Waals surface area contributed by atoms with Crippen molar-refractivity contribution in [2.24, 2.45) is 0 Å². The van der Waals surface area contributed by atoms with Crippen molar-refractivity contribution in [3.63, 3.8) is 0 Å². The number of rotatable bonds is 19. The van der Waals surface area contributed by atoms with Gasteiger partial charge in [-0.15, -0.1) is 0 Å². The summed E-state index contributed by atoms with van der Waals surface area (Å²) in [6, 6.07) is 29.3. The van der Waals surface area contributed by atoms with Crippen LogP contribution < -0.4 is 30.2 Å². The zero-order valence-electron chi connectivity index (χ0n) is 28.1. The Balaban J connectivity index is 1.34. The average Bonchev–Trinajstić information content (AvgIpc) is 3.15. The molecule has 52 heavy (non-hydrogen) atoms. The lowest BCUT2D eigenvalue weighted by Gasteiger charge is -2.13. The van der Waals surface area contributed by atoms with Crippen LogP contribution in [0.4, 0.5) is 34.9 Å². The molecule has 264 valence electrons. The van der Waals surface area contributed by atoms with E-state index in [0.717, 1.165) is 17.7 Å². The van der Waals surface area contributed by atoms with Crippen molar-refractivity contribution in [2.75, 3.05) is 42.4 Å². The third kappa shape index (κ3) is 11.5. The molecule has 4 aromatic carbocycles. The molecule has 0 fully saturated rings. The fourth-order valence-electron chi connectivity index (χ4n) is 4.42. The van der Waals surface area contributed by atoms with Crippen LogP contribution in [0.3, 0.4) is 0 Å². The smallest absolute Gasteiger partial charge is 0.330 e. The third-order valence-corrected chi connectivity index (χ3v) is 6.78. The van der Waals surface area contributed by atoms with E-state index in [1.54, 1.807) is 42.5 Å². The second kappa shape index (κ2) is 18.6. The second-order valence-corrected chi connectivity index (χ2v) is 10.6. The Morgan fingerprint density at radius 2 is 0.962 bits per heavy atom. The van der Waals surface area contributed by atoms with E-state index in [0.29, 0.717) is 40.1 Å². The molecular formula is C39H36N6O7. The summed E-state index contributed by atoms with van der Waals surface area (Å²) in [7, 11) is 0. The maximum absolute atomic E-state index is 11.3. The number of hydrogen-bond acceptors (Lipinski definition) is 13. The highest BCUT2D eigenvalue weighted by molar-refractivity contribution is 5.81. The second-order valence-electron chi connectivity index (χ2n) is 10.6. The number of esters is 2. The van der Waals surface area contributed by atoms with Crippen molar-refractivity contribution >= 4 is 52.9 Å². The van der Waals surface area contributed by atoms with Crippen LogP contribution in [0.5, 0.6) is 23.0 Å². The molecule has 1 aromatic heterocycles. The molecule has 1 heterocycles. The monoisotopic (exact) mass is 700 g/mol. The van der Waals surface area contributed by atoms with Crippen LogP contribution in [0.1, 0.15) is 5.56 Å². The van der Waals surface area contributed by atoms with Crippen molar-refractivity contribution in [1.29, 1.82) is 0 Å². The lowest BCUT2D eigenvalue weighted by molar-refractivity contribution is -0.139. The number of aromatic nitrogens is 3. The van der Waals surface area contributed by atoms with Crippen molar-refractivity contribution in [1.82, 2.24) is 15.0 Å². The molecule has 0 spiro atoms. The Morgan fingerprint density at radius 3 is 1.38 bits per heavy atom. The molecule has 3 N–H and O–H groups in total. The van der Waals surface area contributed by atoms with E-state index >= 15 is 0 Å². The van der Waals surface area contributed by atoms with Crippen LogP contribution in [0.15, 0.2) is 129 Å². The Labute approximate surface area is 300 Å². The molecule has 13 nitrogen and oxygen atoms in total. The molecule has 13 heteroatoms. The zero-order chi connectivity index (χ0) is 36.5. The molecule has 5 aromatic rings. The lowest BCUT2D eigenvalue weighted by atomic mass is 10.2. The van der Waals surface area contributed by atoms with Gasteiger partial charge in [0.1, 0.15) is 49.4 Å². The van der Waals surface area contributed by atoms with Gasteiger partial charge in [-0.05, 0) is 54.1 Å². The normalized spacial score (nSPS) is 10.2. The summed E-state index contributed by atoms with van der Waals surface area (Å²) in [4.78, 5) is 36.4. The summed E-state index contributed by atoms with van der Waals surface area (Å²) in [5, 5.41) is 9.64. The fourth-order valence-corrected chi connectivity index (χ4v) is 4.42. The first-order valence-electron chi connectivity index (χ1n) is 16.0. The predicted molar refractivity (Wildman–Crippen MR) is 199 cm³/mol. The van der Waals surface area contributed by atoms with E-state index in [4.69, 9.17) is 23.7 Å². The van der Waals surface area contributed by atoms with Gasteiger partial charge in [0.2, 0.25) is 17.8 Å². The van der Waals surface area contributed by atoms with Gasteiger partial charge in [-0.1, -0.05) is 56.1 Å². The van der Waals surface area contributed by atoms with Gasteiger partial charge in [0.05, 0.1) is 0 Å². The Kier molecular flexibility index (Phi) is 12.9. The van der Waals surface area contributed by atoms with Crippen molar-refractivity contribution < 1.29 is 33.3 Å². The summed E-state index contributed by atoms with van der Waals surface area (Å²) < 4.78 is 27.5. The fraction of sp³-hybridized carbons (Fsp3) is 0.103. The van der Waals surface area contributed by atoms with Crippen LogP contribution in [0, 0.1) is 0 Å². The molecule has 0 saturated heterocycles. The highest BCUT2D eigenvalue weighted by Gasteiger charge is 2.11. The van der Waals surface area contributed by atoms with Gasteiger partial charge in [0.15, 0.2) is 0 Å². The van der Waals surface area contributed by atoms with Gasteiger partial charge in [-0.3, -0.25) is 0 Å². The number of hydrogen-bond donors (Lipinski definition) is 3. The number of carbonyl (C=O) groups is 2. The van der Waals surface area contributed by atoms with Gasteiger partial charge in [0.25, 0.3) is 0 Å². The Hall–Kier alpha value is -7.15. The van der Waals surface area contributed by atoms with E-state index in [1.807, 2.05) is 60.7 Å². The highest BCUT2D eigenvalue weighted by atomic mass is 16.6. The molecule has 0 saturated carbocycles. The maximum Gasteiger partial charge on any atom is 0.330 e. The minimum atomic E-state index is -0.522. The van der Waals surface area contributed by atoms with Crippen LogP contribution >= 0.6 is 0 Å². The lowest BCUT2D eigenvalue weighted by Crippen LogP contribution is -2.10. The van der Waals surface area contributed by atoms with Gasteiger partial charge in [-0.25, -0.2) is 9.59 Å². The van der Waals surface area contributed by atoms with Crippen LogP contribution in [-0.4, -0.2) is 53.3 Å². The molecule has 0 unspecified atom stereocenters. The Morgan fingerprint density at radius 1 is 0.538 bits per heavy atom. The molecule has 0 atom stereocenters. The van der Waals surface area contributed by atoms with Gasteiger partial charge in [-0.2, -0.15) is 15.0 Å². The minimum Gasteiger partial charge on any atom is -0.490 e. The molecule has 0 aliphatic rings. The first kappa shape index (κ1) is 36.1. The number of carbonyl (C=O) groups excluding carboxylic acids is 2. The van der Waals surface area contributed by atoms with E-state index in [2.05, 4.69) is 50.6 Å². The first-order chi connectivity index (χ1) is 25.4. The number of benzene rings is 4. The number of nitrogens with zero attached hydrogens (tertiary/aromatic N) is 3. The van der Waals surface area contributed by atoms with Crippen molar-refractivity contribution in [3.05, 3.63) is 135 Å². The van der Waals surface area contributed by atoms with Crippen molar-refractivity contribution in [2.45, 2.75) is 0 Å². The van der Waals surface area contributed by atoms with Crippen LogP contribution in [0.25, 0.3) is 6.08 Å². The van der Waals surface area contributed by atoms with E-state index in [1.165, 1.54) is 0 Å². The number of anilines is 6. The number of nitrogens with one attached hydrogen (secondary N) is 3. The summed E-state index contributed by atoms with van der Waals surface area (Å²) >= 11 is 0. The van der Waals surface area contributed by atoms with Crippen LogP contribution in [-0.2, 0) is 19.1 Å². The van der Waals surface area contributed by atoms with E-state index in [9.17, 15) is 9.59 Å². The molecule has 5 rings (SSSR count). The number of ether oxygens (including phenoxy) is 5. The quantitative estimate of drug-likeness (QED) is 0.0437. The highest BCUT2D eigenvalue weighted by Crippen LogP contribution is 2.28. The van der Waals surface area contributed by atoms with Gasteiger partial charge >= 0.3 is 11.9 Å². The molecule has 0 aliphatic heterocycles. The summed E-state index contributed by atoms with van der Waals surface area (Å²) in [6.07, 6.45) is 3.95. The summed E-state index contributed by atoms with van der Waals surface area (Å²) in [5.41, 5.74) is 2.93.